The Hall–Kier alpha value is -2.24. The van der Waals surface area contributed by atoms with Gasteiger partial charge in [-0.3, -0.25) is 0 Å². The number of hydrogen-bond acceptors (Lipinski definition) is 7. The van der Waals surface area contributed by atoms with Crippen LogP contribution in [0.25, 0.3) is 11.4 Å². The Kier molecular flexibility index (Phi) is 3.73. The summed E-state index contributed by atoms with van der Waals surface area (Å²) in [5.41, 5.74) is -3.46. The zero-order valence-electron chi connectivity index (χ0n) is 12.6. The summed E-state index contributed by atoms with van der Waals surface area (Å²) in [6, 6.07) is -0.958. The molecule has 8 nitrogen and oxygen atoms in total. The number of fused-ring (bicyclic) bond motifs is 3. The molecule has 0 saturated heterocycles. The summed E-state index contributed by atoms with van der Waals surface area (Å²) in [4.78, 5) is 7.42. The van der Waals surface area contributed by atoms with Crippen molar-refractivity contribution in [3.05, 3.63) is 17.5 Å². The standard InChI is InChI=1S/C12H12F3N5O3S/c1-6(2)20-10-8(18-19-20)4-3-7-5-16-11(17-9(7)10)23-24(21,22)12(13,14)15/h5-6H,3-4H2,1-2H3. The topological polar surface area (TPSA) is 99.9 Å². The van der Waals surface area contributed by atoms with Crippen LogP contribution < -0.4 is 4.18 Å². The Morgan fingerprint density at radius 2 is 2.00 bits per heavy atom. The summed E-state index contributed by atoms with van der Waals surface area (Å²) < 4.78 is 65.1. The van der Waals surface area contributed by atoms with E-state index in [0.29, 0.717) is 29.8 Å². The lowest BCUT2D eigenvalue weighted by Gasteiger charge is -2.18. The molecule has 12 heteroatoms. The molecule has 130 valence electrons. The molecule has 3 rings (SSSR count). The average Bonchev–Trinajstić information content (AvgIpc) is 2.90. The van der Waals surface area contributed by atoms with Crippen molar-refractivity contribution in [1.82, 2.24) is 25.0 Å². The molecule has 0 spiro atoms. The van der Waals surface area contributed by atoms with Gasteiger partial charge < -0.3 is 4.18 Å². The third kappa shape index (κ3) is 2.70. The molecule has 0 aliphatic heterocycles. The van der Waals surface area contributed by atoms with Crippen molar-refractivity contribution in [3.8, 4) is 17.4 Å². The summed E-state index contributed by atoms with van der Waals surface area (Å²) in [5, 5.41) is 8.04. The van der Waals surface area contributed by atoms with Gasteiger partial charge in [-0.05, 0) is 32.3 Å². The Bertz CT molecular complexity index is 892. The minimum absolute atomic E-state index is 0.0644. The molecule has 0 fully saturated rings. The van der Waals surface area contributed by atoms with Crippen LogP contribution >= 0.6 is 0 Å². The number of alkyl halides is 3. The molecule has 0 aromatic carbocycles. The van der Waals surface area contributed by atoms with Crippen molar-refractivity contribution >= 4 is 10.1 Å². The molecule has 0 atom stereocenters. The lowest BCUT2D eigenvalue weighted by molar-refractivity contribution is -0.0502. The largest absolute Gasteiger partial charge is 0.534 e. The fraction of sp³-hybridized carbons (Fsp3) is 0.500. The van der Waals surface area contributed by atoms with Crippen LogP contribution in [-0.4, -0.2) is 38.9 Å². The molecule has 1 aliphatic carbocycles. The van der Waals surface area contributed by atoms with Gasteiger partial charge in [0.05, 0.1) is 5.69 Å². The van der Waals surface area contributed by atoms with E-state index >= 15 is 0 Å². The second-order valence-corrected chi connectivity index (χ2v) is 6.97. The third-order valence-corrected chi connectivity index (χ3v) is 4.35. The summed E-state index contributed by atoms with van der Waals surface area (Å²) in [5.74, 6) is 0. The first-order valence-electron chi connectivity index (χ1n) is 6.91. The monoisotopic (exact) mass is 363 g/mol. The van der Waals surface area contributed by atoms with Gasteiger partial charge in [-0.1, -0.05) is 5.21 Å². The minimum atomic E-state index is -5.83. The zero-order chi connectivity index (χ0) is 17.7. The van der Waals surface area contributed by atoms with Crippen LogP contribution in [0.1, 0.15) is 31.1 Å². The van der Waals surface area contributed by atoms with Gasteiger partial charge in [0.1, 0.15) is 11.4 Å². The van der Waals surface area contributed by atoms with Crippen molar-refractivity contribution in [2.24, 2.45) is 0 Å². The normalized spacial score (nSPS) is 14.4. The molecule has 0 bridgehead atoms. The van der Waals surface area contributed by atoms with E-state index in [-0.39, 0.29) is 11.7 Å². The van der Waals surface area contributed by atoms with Gasteiger partial charge in [-0.15, -0.1) is 5.10 Å². The van der Waals surface area contributed by atoms with E-state index in [1.165, 1.54) is 6.20 Å². The number of halogens is 3. The average molecular weight is 363 g/mol. The van der Waals surface area contributed by atoms with E-state index in [2.05, 4.69) is 24.5 Å². The summed E-state index contributed by atoms with van der Waals surface area (Å²) >= 11 is 0. The number of nitrogens with zero attached hydrogens (tertiary/aromatic N) is 5. The van der Waals surface area contributed by atoms with E-state index in [9.17, 15) is 21.6 Å². The van der Waals surface area contributed by atoms with Crippen LogP contribution in [0.5, 0.6) is 6.01 Å². The number of aromatic nitrogens is 5. The number of hydrogen-bond donors (Lipinski definition) is 0. The summed E-state index contributed by atoms with van der Waals surface area (Å²) in [6.45, 7) is 3.71. The predicted octanol–water partition coefficient (Wildman–Crippen LogP) is 1.64. The van der Waals surface area contributed by atoms with Gasteiger partial charge in [0.15, 0.2) is 0 Å². The highest BCUT2D eigenvalue weighted by Gasteiger charge is 2.49. The van der Waals surface area contributed by atoms with Crippen molar-refractivity contribution in [1.29, 1.82) is 0 Å². The van der Waals surface area contributed by atoms with Gasteiger partial charge in [0.25, 0.3) is 0 Å². The van der Waals surface area contributed by atoms with Crippen LogP contribution in [0.3, 0.4) is 0 Å². The van der Waals surface area contributed by atoms with E-state index in [4.69, 9.17) is 0 Å². The zero-order valence-corrected chi connectivity index (χ0v) is 13.4. The van der Waals surface area contributed by atoms with Crippen LogP contribution in [0.4, 0.5) is 13.2 Å². The molecule has 24 heavy (non-hydrogen) atoms. The van der Waals surface area contributed by atoms with Crippen LogP contribution in [0.15, 0.2) is 6.20 Å². The van der Waals surface area contributed by atoms with Crippen LogP contribution in [0.2, 0.25) is 0 Å². The Labute approximate surface area is 134 Å². The molecule has 0 radical (unpaired) electrons. The number of aryl methyl sites for hydroxylation is 2. The maximum Gasteiger partial charge on any atom is 0.534 e. The van der Waals surface area contributed by atoms with Crippen LogP contribution in [0, 0.1) is 0 Å². The second-order valence-electron chi connectivity index (χ2n) is 5.43. The summed E-state index contributed by atoms with van der Waals surface area (Å²) in [7, 11) is -5.83. The molecule has 2 aromatic heterocycles. The smallest absolute Gasteiger partial charge is 0.337 e. The first-order valence-corrected chi connectivity index (χ1v) is 8.32. The first-order chi connectivity index (χ1) is 11.1. The molecule has 0 unspecified atom stereocenters. The van der Waals surface area contributed by atoms with E-state index in [1.807, 2.05) is 13.8 Å². The highest BCUT2D eigenvalue weighted by Crippen LogP contribution is 2.33. The van der Waals surface area contributed by atoms with Crippen molar-refractivity contribution in [3.63, 3.8) is 0 Å². The van der Waals surface area contributed by atoms with Crippen molar-refractivity contribution in [2.45, 2.75) is 38.2 Å². The lowest BCUT2D eigenvalue weighted by Crippen LogP contribution is -2.29. The van der Waals surface area contributed by atoms with E-state index < -0.39 is 21.6 Å². The van der Waals surface area contributed by atoms with Gasteiger partial charge >= 0.3 is 21.6 Å². The molecule has 0 N–H and O–H groups in total. The maximum absolute atomic E-state index is 12.4. The van der Waals surface area contributed by atoms with Crippen molar-refractivity contribution in [2.75, 3.05) is 0 Å². The van der Waals surface area contributed by atoms with Gasteiger partial charge in [0, 0.05) is 12.2 Å². The van der Waals surface area contributed by atoms with E-state index in [1.54, 1.807) is 4.68 Å². The quantitative estimate of drug-likeness (QED) is 0.604. The molecule has 0 saturated carbocycles. The van der Waals surface area contributed by atoms with Gasteiger partial charge in [0.2, 0.25) is 0 Å². The molecular weight excluding hydrogens is 351 g/mol. The van der Waals surface area contributed by atoms with Gasteiger partial charge in [-0.2, -0.15) is 26.6 Å². The lowest BCUT2D eigenvalue weighted by atomic mass is 9.97. The third-order valence-electron chi connectivity index (χ3n) is 3.42. The highest BCUT2D eigenvalue weighted by molar-refractivity contribution is 7.87. The molecular formula is C12H12F3N5O3S. The van der Waals surface area contributed by atoms with Crippen molar-refractivity contribution < 1.29 is 25.8 Å². The molecule has 2 heterocycles. The Balaban J connectivity index is 2.07. The number of rotatable bonds is 3. The summed E-state index contributed by atoms with van der Waals surface area (Å²) in [6.07, 6.45) is 2.36. The SMILES string of the molecule is CC(C)n1nnc2c1-c1nc(OS(=O)(=O)C(F)(F)F)ncc1CC2. The molecule has 2 aromatic rings. The van der Waals surface area contributed by atoms with E-state index in [0.717, 1.165) is 0 Å². The first kappa shape index (κ1) is 16.6. The Morgan fingerprint density at radius 3 is 2.62 bits per heavy atom. The van der Waals surface area contributed by atoms with Gasteiger partial charge in [-0.25, -0.2) is 9.67 Å². The molecule has 0 amide bonds. The maximum atomic E-state index is 12.4. The highest BCUT2D eigenvalue weighted by atomic mass is 32.2. The van der Waals surface area contributed by atoms with Crippen LogP contribution in [-0.2, 0) is 23.0 Å². The Morgan fingerprint density at radius 1 is 1.29 bits per heavy atom. The minimum Gasteiger partial charge on any atom is -0.337 e. The predicted molar refractivity (Wildman–Crippen MR) is 74.4 cm³/mol. The fourth-order valence-corrected chi connectivity index (χ4v) is 2.69. The fourth-order valence-electron chi connectivity index (χ4n) is 2.32. The second kappa shape index (κ2) is 5.40. The molecule has 1 aliphatic rings.